The maximum absolute atomic E-state index is 9.75. The van der Waals surface area contributed by atoms with Crippen LogP contribution in [-0.4, -0.2) is 33.6 Å². The van der Waals surface area contributed by atoms with E-state index >= 15 is 0 Å². The molecule has 0 aromatic carbocycles. The van der Waals surface area contributed by atoms with Crippen molar-refractivity contribution in [1.82, 2.24) is 19.1 Å². The highest BCUT2D eigenvalue weighted by Crippen LogP contribution is 2.18. The number of halogens is 8. The van der Waals surface area contributed by atoms with E-state index in [1.807, 2.05) is 83.0 Å². The van der Waals surface area contributed by atoms with E-state index in [1.165, 1.54) is 13.8 Å². The minimum absolute atomic E-state index is 0.858. The number of rotatable bonds is 5. The number of hydrogen-bond donors (Lipinski definition) is 0. The van der Waals surface area contributed by atoms with E-state index in [0.29, 0.717) is 0 Å². The van der Waals surface area contributed by atoms with Gasteiger partial charge >= 0.3 is 14.5 Å². The predicted octanol–water partition coefficient (Wildman–Crippen LogP) is 6.00. The number of pyridine rings is 2. The first-order valence-corrected chi connectivity index (χ1v) is 12.1. The second-order valence-corrected chi connectivity index (χ2v) is 7.50. The Kier molecular flexibility index (Phi) is 16.5. The van der Waals surface area contributed by atoms with Crippen molar-refractivity contribution in [2.24, 2.45) is 0 Å². The quantitative estimate of drug-likeness (QED) is 0.159. The Morgan fingerprint density at radius 1 is 0.667 bits per heavy atom. The first-order valence-electron chi connectivity index (χ1n) is 12.1. The number of aryl methyl sites for hydroxylation is 2. The maximum Gasteiger partial charge on any atom is 0.673 e. The van der Waals surface area contributed by atoms with E-state index in [4.69, 9.17) is 20.5 Å². The zero-order valence-corrected chi connectivity index (χ0v) is 23.1. The topological polar surface area (TPSA) is 91.0 Å². The summed E-state index contributed by atoms with van der Waals surface area (Å²) in [5.41, 5.74) is 1.72. The van der Waals surface area contributed by atoms with Crippen molar-refractivity contribution in [3.05, 3.63) is 73.8 Å². The van der Waals surface area contributed by atoms with Gasteiger partial charge in [-0.3, -0.25) is 0 Å². The van der Waals surface area contributed by atoms with Gasteiger partial charge < -0.3 is 34.5 Å². The van der Waals surface area contributed by atoms with Crippen LogP contribution in [0.25, 0.3) is 23.0 Å². The van der Waals surface area contributed by atoms with Crippen molar-refractivity contribution in [3.63, 3.8) is 0 Å². The summed E-state index contributed by atoms with van der Waals surface area (Å²) in [6.45, 7) is 8.97. The van der Waals surface area contributed by atoms with Crippen molar-refractivity contribution >= 4 is 14.5 Å². The lowest BCUT2D eigenvalue weighted by Crippen LogP contribution is -2.28. The van der Waals surface area contributed by atoms with Gasteiger partial charge in [0, 0.05) is 26.0 Å². The fraction of sp³-hybridized carbons (Fsp3) is 0.250. The first kappa shape index (κ1) is 37.3. The van der Waals surface area contributed by atoms with Crippen LogP contribution in [0.1, 0.15) is 27.7 Å². The van der Waals surface area contributed by atoms with Crippen LogP contribution in [0.5, 0.6) is 0 Å². The molecule has 226 valence electrons. The Balaban J connectivity index is 0.000000874. The van der Waals surface area contributed by atoms with Crippen LogP contribution < -0.4 is 9.13 Å². The number of nitrogens with zero attached hydrogens (tertiary/aromatic N) is 8. The molecule has 8 nitrogen and oxygen atoms in total. The van der Waals surface area contributed by atoms with Crippen LogP contribution >= 0.6 is 0 Å². The van der Waals surface area contributed by atoms with Crippen LogP contribution in [0.2, 0.25) is 0 Å². The molecule has 18 heteroatoms. The molecule has 4 heterocycles. The van der Waals surface area contributed by atoms with Crippen LogP contribution in [-0.2, 0) is 13.1 Å². The summed E-state index contributed by atoms with van der Waals surface area (Å²) in [7, 11) is -12.0. The Labute approximate surface area is 238 Å². The van der Waals surface area contributed by atoms with E-state index in [2.05, 4.69) is 23.0 Å². The van der Waals surface area contributed by atoms with Crippen LogP contribution in [0, 0.1) is 22.7 Å². The molecule has 4 rings (SSSR count). The van der Waals surface area contributed by atoms with Gasteiger partial charge in [-0.25, -0.2) is 19.1 Å². The molecule has 0 atom stereocenters. The van der Waals surface area contributed by atoms with Gasteiger partial charge in [0.15, 0.2) is 0 Å². The highest BCUT2D eigenvalue weighted by molar-refractivity contribution is 6.50. The molecule has 0 bridgehead atoms. The minimum Gasteiger partial charge on any atom is -0.418 e. The Morgan fingerprint density at radius 2 is 0.952 bits per heavy atom. The molecule has 0 aliphatic carbocycles. The van der Waals surface area contributed by atoms with E-state index in [-0.39, 0.29) is 0 Å². The number of nitriles is 2. The van der Waals surface area contributed by atoms with E-state index in [0.717, 1.165) is 36.1 Å². The summed E-state index contributed by atoms with van der Waals surface area (Å²) < 4.78 is 86.3. The molecule has 0 aliphatic rings. The third kappa shape index (κ3) is 17.1. The zero-order valence-electron chi connectivity index (χ0n) is 23.1. The summed E-state index contributed by atoms with van der Waals surface area (Å²) >= 11 is 0. The van der Waals surface area contributed by atoms with Crippen molar-refractivity contribution in [2.45, 2.75) is 40.8 Å². The Morgan fingerprint density at radius 3 is 1.19 bits per heavy atom. The average Bonchev–Trinajstić information content (AvgIpc) is 3.58. The number of imidazole rings is 2. The van der Waals surface area contributed by atoms with Crippen molar-refractivity contribution in [3.8, 4) is 35.2 Å². The van der Waals surface area contributed by atoms with Crippen LogP contribution in [0.4, 0.5) is 34.5 Å². The summed E-state index contributed by atoms with van der Waals surface area (Å²) in [4.78, 5) is 9.58. The molecule has 0 amide bonds. The van der Waals surface area contributed by atoms with Gasteiger partial charge in [0.25, 0.3) is 0 Å². The highest BCUT2D eigenvalue weighted by atomic mass is 19.5. The molecule has 0 saturated carbocycles. The Hall–Kier alpha value is -4.73. The maximum atomic E-state index is 9.75. The molecule has 0 saturated heterocycles. The molecule has 4 aromatic heterocycles. The molecule has 0 N–H and O–H groups in total. The first-order chi connectivity index (χ1) is 19.6. The fourth-order valence-electron chi connectivity index (χ4n) is 2.85. The highest BCUT2D eigenvalue weighted by Gasteiger charge is 2.21. The molecule has 0 fully saturated rings. The lowest BCUT2D eigenvalue weighted by Gasteiger charge is -2.03. The standard InChI is InChI=1S/C20H22N6.2C2H3N.2BF4/c1-3-23-11-13-25(15-23)19-9-5-7-17(21-19)18-8-6-10-20(22-18)26-14-12-24(4-2)16-26;2*1-2-3;2*2-1(3,4)5/h5-16H,3-4H2,1-2H3;2*1H3;;/q+2;;;2*-1. The zero-order chi connectivity index (χ0) is 32.3. The third-order valence-corrected chi connectivity index (χ3v) is 4.37. The molecule has 0 spiro atoms. The third-order valence-electron chi connectivity index (χ3n) is 4.37. The summed E-state index contributed by atoms with van der Waals surface area (Å²) in [5.74, 6) is 1.76. The molecule has 0 aliphatic heterocycles. The van der Waals surface area contributed by atoms with E-state index in [9.17, 15) is 34.5 Å². The second-order valence-electron chi connectivity index (χ2n) is 7.50. The summed E-state index contributed by atoms with van der Waals surface area (Å²) in [6.07, 6.45) is 12.2. The van der Waals surface area contributed by atoms with Crippen LogP contribution in [0.3, 0.4) is 0 Å². The predicted molar refractivity (Wildman–Crippen MR) is 141 cm³/mol. The van der Waals surface area contributed by atoms with E-state index in [1.54, 1.807) is 12.1 Å². The van der Waals surface area contributed by atoms with Crippen molar-refractivity contribution < 1.29 is 43.7 Å². The second kappa shape index (κ2) is 18.6. The summed E-state index contributed by atoms with van der Waals surface area (Å²) in [6, 6.07) is 15.5. The molecule has 0 unspecified atom stereocenters. The fourth-order valence-corrected chi connectivity index (χ4v) is 2.85. The lowest BCUT2D eigenvalue weighted by atomic mass is 10.2. The van der Waals surface area contributed by atoms with Gasteiger partial charge in [0.1, 0.15) is 24.8 Å². The van der Waals surface area contributed by atoms with E-state index < -0.39 is 14.5 Å². The van der Waals surface area contributed by atoms with Gasteiger partial charge in [0.2, 0.25) is 24.3 Å². The van der Waals surface area contributed by atoms with Gasteiger partial charge in [-0.2, -0.15) is 19.7 Å². The van der Waals surface area contributed by atoms with Crippen molar-refractivity contribution in [1.29, 1.82) is 10.5 Å². The van der Waals surface area contributed by atoms with Crippen molar-refractivity contribution in [2.75, 3.05) is 0 Å². The van der Waals surface area contributed by atoms with Gasteiger partial charge in [-0.05, 0) is 26.0 Å². The smallest absolute Gasteiger partial charge is 0.418 e. The summed E-state index contributed by atoms with van der Waals surface area (Å²) in [5, 5.41) is 14.6. The monoisotopic (exact) mass is 602 g/mol. The molecule has 0 radical (unpaired) electrons. The molecular formula is C24H28B2F8N8. The van der Waals surface area contributed by atoms with Gasteiger partial charge in [-0.1, -0.05) is 12.1 Å². The normalized spacial score (nSPS) is 10.0. The molecule has 42 heavy (non-hydrogen) atoms. The SMILES string of the molecule is CC#N.CC#N.CC[n+]1ccn(-c2cccc(-c3cccc(-n4cc[n+](CC)c4)n3)n2)c1.F[B-](F)(F)F.F[B-](F)(F)F. The number of aromatic nitrogens is 6. The lowest BCUT2D eigenvalue weighted by molar-refractivity contribution is -0.692. The Bertz CT molecular complexity index is 1300. The average molecular weight is 602 g/mol. The van der Waals surface area contributed by atoms with Gasteiger partial charge in [-0.15, -0.1) is 0 Å². The molecular weight excluding hydrogens is 574 g/mol. The largest absolute Gasteiger partial charge is 0.673 e. The number of hydrogen-bond acceptors (Lipinski definition) is 4. The van der Waals surface area contributed by atoms with Crippen LogP contribution in [0.15, 0.2) is 73.8 Å². The van der Waals surface area contributed by atoms with Gasteiger partial charge in [0.05, 0.1) is 36.6 Å². The minimum atomic E-state index is -6.00. The molecule has 4 aromatic rings.